The summed E-state index contributed by atoms with van der Waals surface area (Å²) < 4.78 is 0. The Morgan fingerprint density at radius 3 is 2.50 bits per heavy atom. The number of benzene rings is 2. The van der Waals surface area contributed by atoms with Crippen LogP contribution in [0.15, 0.2) is 48.5 Å². The van der Waals surface area contributed by atoms with Crippen LogP contribution in [0.25, 0.3) is 0 Å². The number of nitrogens with one attached hydrogen (secondary N) is 1. The van der Waals surface area contributed by atoms with Crippen molar-refractivity contribution in [1.82, 2.24) is 5.32 Å². The Kier molecular flexibility index (Phi) is 4.68. The number of phenolic OH excluding ortho intramolecular Hbond substituents is 1. The predicted molar refractivity (Wildman–Crippen MR) is 76.6 cm³/mol. The first-order chi connectivity index (χ1) is 9.66. The molecule has 0 bridgehead atoms. The molecule has 0 aliphatic carbocycles. The molecule has 2 aromatic rings. The van der Waals surface area contributed by atoms with Crippen LogP contribution in [-0.4, -0.2) is 16.6 Å². The molecule has 0 saturated heterocycles. The number of nitro benzene ring substituents is 1. The lowest BCUT2D eigenvalue weighted by Crippen LogP contribution is -2.17. The smallest absolute Gasteiger partial charge is 0.272 e. The summed E-state index contributed by atoms with van der Waals surface area (Å²) in [5, 5.41) is 23.3. The van der Waals surface area contributed by atoms with E-state index in [0.717, 1.165) is 11.1 Å². The van der Waals surface area contributed by atoms with Gasteiger partial charge >= 0.3 is 0 Å². The van der Waals surface area contributed by atoms with Crippen molar-refractivity contribution in [2.24, 2.45) is 0 Å². The number of rotatable bonds is 6. The van der Waals surface area contributed by atoms with Crippen molar-refractivity contribution in [2.45, 2.75) is 13.0 Å². The Labute approximate surface area is 117 Å². The summed E-state index contributed by atoms with van der Waals surface area (Å²) in [5.41, 5.74) is 1.96. The summed E-state index contributed by atoms with van der Waals surface area (Å²) in [4.78, 5) is 10.5. The van der Waals surface area contributed by atoms with Crippen LogP contribution in [0.2, 0.25) is 0 Å². The fraction of sp³-hybridized carbons (Fsp3) is 0.200. The van der Waals surface area contributed by atoms with Crippen LogP contribution < -0.4 is 5.32 Å². The highest BCUT2D eigenvalue weighted by atomic mass is 16.6. The average Bonchev–Trinajstić information content (AvgIpc) is 2.46. The second-order valence-corrected chi connectivity index (χ2v) is 4.48. The van der Waals surface area contributed by atoms with E-state index in [9.17, 15) is 15.2 Å². The molecule has 5 heteroatoms. The van der Waals surface area contributed by atoms with Gasteiger partial charge in [-0.25, -0.2) is 0 Å². The maximum atomic E-state index is 10.9. The van der Waals surface area contributed by atoms with Crippen LogP contribution in [0.5, 0.6) is 5.75 Å². The zero-order valence-corrected chi connectivity index (χ0v) is 11.0. The average molecular weight is 272 g/mol. The van der Waals surface area contributed by atoms with Gasteiger partial charge < -0.3 is 10.4 Å². The number of para-hydroxylation sites is 1. The van der Waals surface area contributed by atoms with Gasteiger partial charge in [-0.3, -0.25) is 10.1 Å². The monoisotopic (exact) mass is 272 g/mol. The Balaban J connectivity index is 1.84. The summed E-state index contributed by atoms with van der Waals surface area (Å²) >= 11 is 0. The normalized spacial score (nSPS) is 10.4. The van der Waals surface area contributed by atoms with Gasteiger partial charge in [-0.15, -0.1) is 0 Å². The molecule has 0 unspecified atom stereocenters. The molecule has 0 atom stereocenters. The minimum absolute atomic E-state index is 0.166. The lowest BCUT2D eigenvalue weighted by Gasteiger charge is -2.06. The molecule has 2 aromatic carbocycles. The summed E-state index contributed by atoms with van der Waals surface area (Å²) in [6, 6.07) is 13.7. The van der Waals surface area contributed by atoms with Crippen molar-refractivity contribution in [2.75, 3.05) is 6.54 Å². The van der Waals surface area contributed by atoms with Gasteiger partial charge in [0.05, 0.1) is 4.92 Å². The van der Waals surface area contributed by atoms with E-state index in [-0.39, 0.29) is 16.4 Å². The molecule has 2 N–H and O–H groups in total. The van der Waals surface area contributed by atoms with Gasteiger partial charge in [0.1, 0.15) is 5.75 Å². The molecule has 0 aromatic heterocycles. The Morgan fingerprint density at radius 2 is 1.80 bits per heavy atom. The van der Waals surface area contributed by atoms with Gasteiger partial charge in [-0.1, -0.05) is 30.3 Å². The second-order valence-electron chi connectivity index (χ2n) is 4.48. The van der Waals surface area contributed by atoms with E-state index in [1.54, 1.807) is 24.3 Å². The minimum Gasteiger partial charge on any atom is -0.508 e. The van der Waals surface area contributed by atoms with E-state index in [1.807, 2.05) is 18.2 Å². The van der Waals surface area contributed by atoms with Crippen molar-refractivity contribution in [3.63, 3.8) is 0 Å². The highest BCUT2D eigenvalue weighted by Gasteiger charge is 2.11. The van der Waals surface area contributed by atoms with Crippen molar-refractivity contribution in [3.05, 3.63) is 69.8 Å². The van der Waals surface area contributed by atoms with Crippen molar-refractivity contribution in [3.8, 4) is 5.75 Å². The van der Waals surface area contributed by atoms with Gasteiger partial charge in [0.15, 0.2) is 0 Å². The number of hydrogen-bond donors (Lipinski definition) is 2. The Hall–Kier alpha value is -2.40. The fourth-order valence-electron chi connectivity index (χ4n) is 1.97. The number of nitro groups is 1. The number of hydrogen-bond acceptors (Lipinski definition) is 4. The van der Waals surface area contributed by atoms with Gasteiger partial charge in [0.2, 0.25) is 0 Å². The van der Waals surface area contributed by atoms with Crippen LogP contribution in [-0.2, 0) is 13.0 Å². The van der Waals surface area contributed by atoms with Crippen molar-refractivity contribution >= 4 is 5.69 Å². The molecular weight excluding hydrogens is 256 g/mol. The molecule has 2 rings (SSSR count). The summed E-state index contributed by atoms with van der Waals surface area (Å²) in [7, 11) is 0. The van der Waals surface area contributed by atoms with E-state index in [4.69, 9.17) is 0 Å². The molecule has 0 saturated carbocycles. The van der Waals surface area contributed by atoms with Crippen LogP contribution in [0.3, 0.4) is 0 Å². The lowest BCUT2D eigenvalue weighted by atomic mass is 10.1. The van der Waals surface area contributed by atoms with E-state index < -0.39 is 0 Å². The van der Waals surface area contributed by atoms with Crippen LogP contribution >= 0.6 is 0 Å². The lowest BCUT2D eigenvalue weighted by molar-refractivity contribution is -0.385. The molecular formula is C15H16N2O3. The van der Waals surface area contributed by atoms with Gasteiger partial charge in [0.25, 0.3) is 5.69 Å². The highest BCUT2D eigenvalue weighted by Crippen LogP contribution is 2.17. The summed E-state index contributed by atoms with van der Waals surface area (Å²) in [6.45, 7) is 1.33. The molecule has 0 aliphatic heterocycles. The maximum absolute atomic E-state index is 10.9. The standard InChI is InChI=1S/C15H16N2O3/c18-14-7-5-12(6-8-14)11-16-10-9-13-3-1-2-4-15(13)17(19)20/h1-8,16,18H,9-11H2. The zero-order chi connectivity index (χ0) is 14.4. The number of phenols is 1. The van der Waals surface area contributed by atoms with E-state index in [2.05, 4.69) is 5.32 Å². The van der Waals surface area contributed by atoms with Crippen molar-refractivity contribution in [1.29, 1.82) is 0 Å². The molecule has 0 heterocycles. The van der Waals surface area contributed by atoms with Crippen LogP contribution in [0.4, 0.5) is 5.69 Å². The van der Waals surface area contributed by atoms with Gasteiger partial charge in [-0.2, -0.15) is 0 Å². The molecule has 0 fully saturated rings. The van der Waals surface area contributed by atoms with E-state index in [0.29, 0.717) is 19.5 Å². The van der Waals surface area contributed by atoms with E-state index in [1.165, 1.54) is 6.07 Å². The molecule has 20 heavy (non-hydrogen) atoms. The Morgan fingerprint density at radius 1 is 1.10 bits per heavy atom. The quantitative estimate of drug-likeness (QED) is 0.481. The van der Waals surface area contributed by atoms with Crippen LogP contribution in [0, 0.1) is 10.1 Å². The second kappa shape index (κ2) is 6.68. The third-order valence-electron chi connectivity index (χ3n) is 3.02. The number of aromatic hydroxyl groups is 1. The molecule has 104 valence electrons. The zero-order valence-electron chi connectivity index (χ0n) is 11.0. The first-order valence-corrected chi connectivity index (χ1v) is 6.38. The molecule has 0 aliphatic rings. The minimum atomic E-state index is -0.352. The van der Waals surface area contributed by atoms with Gasteiger partial charge in [-0.05, 0) is 30.7 Å². The van der Waals surface area contributed by atoms with Crippen molar-refractivity contribution < 1.29 is 10.0 Å². The van der Waals surface area contributed by atoms with Crippen LogP contribution in [0.1, 0.15) is 11.1 Å². The summed E-state index contributed by atoms with van der Waals surface area (Å²) in [6.07, 6.45) is 0.606. The van der Waals surface area contributed by atoms with Gasteiger partial charge in [0, 0.05) is 18.2 Å². The molecule has 0 spiro atoms. The highest BCUT2D eigenvalue weighted by molar-refractivity contribution is 5.39. The maximum Gasteiger partial charge on any atom is 0.272 e. The molecule has 0 radical (unpaired) electrons. The third-order valence-corrected chi connectivity index (χ3v) is 3.02. The first kappa shape index (κ1) is 14.0. The fourth-order valence-corrected chi connectivity index (χ4v) is 1.97. The number of nitrogens with zero attached hydrogens (tertiary/aromatic N) is 1. The summed E-state index contributed by atoms with van der Waals surface area (Å²) in [5.74, 6) is 0.244. The Bertz CT molecular complexity index is 582. The predicted octanol–water partition coefficient (Wildman–Crippen LogP) is 2.63. The van der Waals surface area contributed by atoms with E-state index >= 15 is 0 Å². The topological polar surface area (TPSA) is 75.4 Å². The largest absolute Gasteiger partial charge is 0.508 e. The third kappa shape index (κ3) is 3.80. The SMILES string of the molecule is O=[N+]([O-])c1ccccc1CCNCc1ccc(O)cc1. The molecule has 0 amide bonds. The molecule has 5 nitrogen and oxygen atoms in total. The first-order valence-electron chi connectivity index (χ1n) is 6.38.